The van der Waals surface area contributed by atoms with Crippen LogP contribution in [-0.4, -0.2) is 37.8 Å². The van der Waals surface area contributed by atoms with Crippen molar-refractivity contribution in [3.63, 3.8) is 0 Å². The van der Waals surface area contributed by atoms with Crippen LogP contribution in [0.4, 0.5) is 0 Å². The molecule has 0 aliphatic heterocycles. The van der Waals surface area contributed by atoms with Gasteiger partial charge in [0.25, 0.3) is 5.91 Å². The third-order valence-electron chi connectivity index (χ3n) is 4.85. The minimum atomic E-state index is -3.58. The summed E-state index contributed by atoms with van der Waals surface area (Å²) in [7, 11) is -2.03. The number of nitrogens with one attached hydrogen (secondary N) is 1. The maximum Gasteiger partial charge on any atom is 0.251 e. The van der Waals surface area contributed by atoms with Crippen LogP contribution in [0.3, 0.4) is 0 Å². The van der Waals surface area contributed by atoms with E-state index in [1.54, 1.807) is 19.2 Å². The Morgan fingerprint density at radius 3 is 2.42 bits per heavy atom. The Morgan fingerprint density at radius 2 is 1.83 bits per heavy atom. The van der Waals surface area contributed by atoms with Gasteiger partial charge in [-0.3, -0.25) is 4.79 Å². The molecule has 1 fully saturated rings. The molecule has 1 aliphatic rings. The molecule has 2 rings (SSSR count). The second-order valence-electron chi connectivity index (χ2n) is 7.07. The van der Waals surface area contributed by atoms with E-state index in [0.717, 1.165) is 31.6 Å². The summed E-state index contributed by atoms with van der Waals surface area (Å²) in [6.07, 6.45) is 4.22. The molecule has 1 N–H and O–H groups in total. The first kappa shape index (κ1) is 18.9. The number of carbonyl (C=O) groups is 1. The molecule has 1 aromatic rings. The molecule has 1 saturated carbocycles. The normalized spacial score (nSPS) is 21.9. The number of rotatable bonds is 5. The summed E-state index contributed by atoms with van der Waals surface area (Å²) in [6, 6.07) is 6.33. The lowest BCUT2D eigenvalue weighted by molar-refractivity contribution is 0.0923. The van der Waals surface area contributed by atoms with Crippen molar-refractivity contribution in [2.75, 3.05) is 7.05 Å². The zero-order valence-corrected chi connectivity index (χ0v) is 15.8. The fourth-order valence-electron chi connectivity index (χ4n) is 2.91. The van der Waals surface area contributed by atoms with Crippen molar-refractivity contribution in [2.24, 2.45) is 5.92 Å². The summed E-state index contributed by atoms with van der Waals surface area (Å²) in [5, 5.41) is 3.04. The average Bonchev–Trinajstić information content (AvgIpc) is 2.56. The van der Waals surface area contributed by atoms with Crippen LogP contribution in [0, 0.1) is 5.92 Å². The van der Waals surface area contributed by atoms with Crippen LogP contribution in [0.15, 0.2) is 29.2 Å². The van der Waals surface area contributed by atoms with Gasteiger partial charge in [0, 0.05) is 24.7 Å². The Morgan fingerprint density at radius 1 is 1.21 bits per heavy atom. The van der Waals surface area contributed by atoms with Crippen molar-refractivity contribution >= 4 is 15.9 Å². The molecule has 24 heavy (non-hydrogen) atoms. The molecule has 1 aliphatic carbocycles. The second-order valence-corrected chi connectivity index (χ2v) is 9.07. The van der Waals surface area contributed by atoms with Gasteiger partial charge < -0.3 is 5.32 Å². The van der Waals surface area contributed by atoms with Crippen LogP contribution in [0.5, 0.6) is 0 Å². The lowest BCUT2D eigenvalue weighted by Gasteiger charge is -2.27. The van der Waals surface area contributed by atoms with E-state index in [-0.39, 0.29) is 22.9 Å². The number of amides is 1. The summed E-state index contributed by atoms with van der Waals surface area (Å²) in [5.74, 6) is 0.525. The molecule has 0 atom stereocenters. The van der Waals surface area contributed by atoms with Crippen molar-refractivity contribution in [1.29, 1.82) is 0 Å². The third-order valence-corrected chi connectivity index (χ3v) is 6.88. The smallest absolute Gasteiger partial charge is 0.251 e. The van der Waals surface area contributed by atoms with Gasteiger partial charge in [-0.2, -0.15) is 4.31 Å². The van der Waals surface area contributed by atoms with Gasteiger partial charge >= 0.3 is 0 Å². The molecule has 0 saturated heterocycles. The zero-order chi connectivity index (χ0) is 17.9. The van der Waals surface area contributed by atoms with E-state index in [4.69, 9.17) is 0 Å². The first-order chi connectivity index (χ1) is 11.2. The summed E-state index contributed by atoms with van der Waals surface area (Å²) in [4.78, 5) is 12.6. The van der Waals surface area contributed by atoms with Gasteiger partial charge in [0.05, 0.1) is 4.90 Å². The quantitative estimate of drug-likeness (QED) is 0.886. The van der Waals surface area contributed by atoms with E-state index in [2.05, 4.69) is 12.2 Å². The summed E-state index contributed by atoms with van der Waals surface area (Å²) >= 11 is 0. The molecular weight excluding hydrogens is 324 g/mol. The molecule has 6 heteroatoms. The van der Waals surface area contributed by atoms with Gasteiger partial charge in [0.2, 0.25) is 10.0 Å². The second kappa shape index (κ2) is 7.66. The first-order valence-corrected chi connectivity index (χ1v) is 10.0. The maximum atomic E-state index is 12.6. The number of hydrogen-bond donors (Lipinski definition) is 1. The molecule has 1 amide bonds. The van der Waals surface area contributed by atoms with Crippen molar-refractivity contribution < 1.29 is 13.2 Å². The summed E-state index contributed by atoms with van der Waals surface area (Å²) in [5.41, 5.74) is 0.395. The minimum Gasteiger partial charge on any atom is -0.349 e. The predicted molar refractivity (Wildman–Crippen MR) is 95.4 cm³/mol. The zero-order valence-electron chi connectivity index (χ0n) is 15.0. The Labute approximate surface area is 145 Å². The molecule has 0 bridgehead atoms. The number of hydrogen-bond acceptors (Lipinski definition) is 3. The molecule has 5 nitrogen and oxygen atoms in total. The fourth-order valence-corrected chi connectivity index (χ4v) is 4.33. The maximum absolute atomic E-state index is 12.6. The number of sulfonamides is 1. The lowest BCUT2D eigenvalue weighted by atomic mass is 9.87. The van der Waals surface area contributed by atoms with Gasteiger partial charge in [-0.1, -0.05) is 13.0 Å². The highest BCUT2D eigenvalue weighted by Gasteiger charge is 2.25. The SMILES string of the molecule is CC1CCC(NC(=O)c2cccc(S(=O)(=O)N(C)C(C)C)c2)CC1. The Balaban J connectivity index is 2.14. The molecule has 134 valence electrons. The largest absolute Gasteiger partial charge is 0.349 e. The highest BCUT2D eigenvalue weighted by atomic mass is 32.2. The van der Waals surface area contributed by atoms with Gasteiger partial charge in [-0.25, -0.2) is 8.42 Å². The van der Waals surface area contributed by atoms with E-state index < -0.39 is 10.0 Å². The highest BCUT2D eigenvalue weighted by molar-refractivity contribution is 7.89. The van der Waals surface area contributed by atoms with E-state index >= 15 is 0 Å². The molecule has 1 aromatic carbocycles. The molecule has 0 aromatic heterocycles. The third kappa shape index (κ3) is 4.36. The average molecular weight is 353 g/mol. The molecule has 0 heterocycles. The Bertz CT molecular complexity index is 677. The fraction of sp³-hybridized carbons (Fsp3) is 0.611. The van der Waals surface area contributed by atoms with E-state index in [0.29, 0.717) is 5.56 Å². The van der Waals surface area contributed by atoms with Crippen LogP contribution in [0.1, 0.15) is 56.8 Å². The van der Waals surface area contributed by atoms with Gasteiger partial charge in [0.15, 0.2) is 0 Å². The predicted octanol–water partition coefficient (Wildman–Crippen LogP) is 3.02. The molecule has 0 radical (unpaired) electrons. The van der Waals surface area contributed by atoms with Crippen LogP contribution < -0.4 is 5.32 Å². The first-order valence-electron chi connectivity index (χ1n) is 8.60. The van der Waals surface area contributed by atoms with Crippen molar-refractivity contribution in [3.05, 3.63) is 29.8 Å². The van der Waals surface area contributed by atoms with Crippen LogP contribution >= 0.6 is 0 Å². The Kier molecular flexibility index (Phi) is 6.04. The van der Waals surface area contributed by atoms with Crippen molar-refractivity contribution in [3.8, 4) is 0 Å². The van der Waals surface area contributed by atoms with Gasteiger partial charge in [-0.05, 0) is 63.6 Å². The van der Waals surface area contributed by atoms with Gasteiger partial charge in [0.1, 0.15) is 0 Å². The topological polar surface area (TPSA) is 66.5 Å². The van der Waals surface area contributed by atoms with E-state index in [9.17, 15) is 13.2 Å². The van der Waals surface area contributed by atoms with Crippen LogP contribution in [0.2, 0.25) is 0 Å². The molecule has 0 unspecified atom stereocenters. The Hall–Kier alpha value is -1.40. The van der Waals surface area contributed by atoms with Crippen molar-refractivity contribution in [2.45, 2.75) is 63.4 Å². The van der Waals surface area contributed by atoms with Gasteiger partial charge in [-0.15, -0.1) is 0 Å². The number of carbonyl (C=O) groups excluding carboxylic acids is 1. The number of nitrogens with zero attached hydrogens (tertiary/aromatic N) is 1. The molecule has 0 spiro atoms. The van der Waals surface area contributed by atoms with E-state index in [1.807, 2.05) is 13.8 Å². The molecular formula is C18H28N2O3S. The monoisotopic (exact) mass is 352 g/mol. The minimum absolute atomic E-state index is 0.142. The van der Waals surface area contributed by atoms with Crippen LogP contribution in [0.25, 0.3) is 0 Å². The summed E-state index contributed by atoms with van der Waals surface area (Å²) < 4.78 is 26.4. The van der Waals surface area contributed by atoms with Crippen molar-refractivity contribution in [1.82, 2.24) is 9.62 Å². The number of benzene rings is 1. The van der Waals surface area contributed by atoms with E-state index in [1.165, 1.54) is 16.4 Å². The standard InChI is InChI=1S/C18H28N2O3S/c1-13(2)20(4)24(22,23)17-7-5-6-15(12-17)18(21)19-16-10-8-14(3)9-11-16/h5-7,12-14,16H,8-11H2,1-4H3,(H,19,21). The summed E-state index contributed by atoms with van der Waals surface area (Å²) in [6.45, 7) is 5.87. The highest BCUT2D eigenvalue weighted by Crippen LogP contribution is 2.24. The lowest BCUT2D eigenvalue weighted by Crippen LogP contribution is -2.37. The van der Waals surface area contributed by atoms with Crippen LogP contribution in [-0.2, 0) is 10.0 Å².